The van der Waals surface area contributed by atoms with Gasteiger partial charge in [-0.3, -0.25) is 0 Å². The summed E-state index contributed by atoms with van der Waals surface area (Å²) in [6.45, 7) is 6.34. The summed E-state index contributed by atoms with van der Waals surface area (Å²) in [5.74, 6) is -0.177. The second-order valence-corrected chi connectivity index (χ2v) is 5.15. The van der Waals surface area contributed by atoms with Gasteiger partial charge in [-0.05, 0) is 51.1 Å². The molecule has 0 N–H and O–H groups in total. The van der Waals surface area contributed by atoms with Gasteiger partial charge in [0, 0.05) is 22.3 Å². The summed E-state index contributed by atoms with van der Waals surface area (Å²) in [4.78, 5) is 0. The summed E-state index contributed by atoms with van der Waals surface area (Å²) in [5.41, 5.74) is 3.39. The first-order valence-corrected chi connectivity index (χ1v) is 6.28. The number of benzene rings is 2. The van der Waals surface area contributed by atoms with E-state index in [1.165, 1.54) is 22.5 Å². The first-order chi connectivity index (χ1) is 8.58. The van der Waals surface area contributed by atoms with E-state index < -0.39 is 0 Å². The fraction of sp³-hybridized carbons (Fsp3) is 0.250. The van der Waals surface area contributed by atoms with Gasteiger partial charge < -0.3 is 4.57 Å². The van der Waals surface area contributed by atoms with Crippen LogP contribution in [0.1, 0.15) is 25.5 Å². The zero-order chi connectivity index (χ0) is 12.9. The Balaban J connectivity index is 2.56. The van der Waals surface area contributed by atoms with Crippen LogP contribution in [0.5, 0.6) is 0 Å². The molecule has 0 atom stereocenters. The Bertz CT molecular complexity index is 738. The predicted octanol–water partition coefficient (Wildman–Crippen LogP) is 4.82. The minimum absolute atomic E-state index is 0.177. The molecule has 0 spiro atoms. The van der Waals surface area contributed by atoms with E-state index in [0.29, 0.717) is 6.04 Å². The number of hydrogen-bond acceptors (Lipinski definition) is 0. The van der Waals surface area contributed by atoms with E-state index >= 15 is 0 Å². The van der Waals surface area contributed by atoms with Crippen LogP contribution in [0.2, 0.25) is 0 Å². The summed E-state index contributed by atoms with van der Waals surface area (Å²) in [5, 5.41) is 2.34. The van der Waals surface area contributed by atoms with Gasteiger partial charge in [-0.25, -0.2) is 4.39 Å². The quantitative estimate of drug-likeness (QED) is 0.575. The first kappa shape index (κ1) is 11.3. The smallest absolute Gasteiger partial charge is 0.125 e. The van der Waals surface area contributed by atoms with Crippen molar-refractivity contribution in [2.24, 2.45) is 0 Å². The van der Waals surface area contributed by atoms with Crippen LogP contribution in [0.25, 0.3) is 21.8 Å². The Morgan fingerprint density at radius 2 is 1.72 bits per heavy atom. The highest BCUT2D eigenvalue weighted by Gasteiger charge is 2.13. The van der Waals surface area contributed by atoms with Gasteiger partial charge in [0.25, 0.3) is 0 Å². The molecule has 0 aliphatic rings. The van der Waals surface area contributed by atoms with Crippen molar-refractivity contribution in [1.29, 1.82) is 0 Å². The second-order valence-electron chi connectivity index (χ2n) is 5.15. The molecule has 0 aliphatic carbocycles. The maximum absolute atomic E-state index is 13.5. The van der Waals surface area contributed by atoms with Gasteiger partial charge in [0.05, 0.1) is 5.52 Å². The monoisotopic (exact) mass is 241 g/mol. The molecule has 92 valence electrons. The van der Waals surface area contributed by atoms with Gasteiger partial charge in [-0.1, -0.05) is 11.6 Å². The molecule has 1 nitrogen and oxygen atoms in total. The molecule has 3 rings (SSSR count). The number of halogens is 1. The van der Waals surface area contributed by atoms with Crippen molar-refractivity contribution >= 4 is 21.8 Å². The van der Waals surface area contributed by atoms with Crippen molar-refractivity contribution in [3.05, 3.63) is 47.8 Å². The Morgan fingerprint density at radius 3 is 2.44 bits per heavy atom. The van der Waals surface area contributed by atoms with Gasteiger partial charge in [0.2, 0.25) is 0 Å². The molecule has 1 aromatic heterocycles. The van der Waals surface area contributed by atoms with Crippen LogP contribution in [0, 0.1) is 12.7 Å². The minimum Gasteiger partial charge on any atom is -0.338 e. The van der Waals surface area contributed by atoms with Crippen LogP contribution >= 0.6 is 0 Å². The molecule has 0 amide bonds. The highest BCUT2D eigenvalue weighted by molar-refractivity contribution is 6.08. The molecule has 0 saturated heterocycles. The Hall–Kier alpha value is -1.83. The zero-order valence-electron chi connectivity index (χ0n) is 10.9. The summed E-state index contributed by atoms with van der Waals surface area (Å²) in [7, 11) is 0. The third-order valence-corrected chi connectivity index (χ3v) is 3.44. The topological polar surface area (TPSA) is 4.93 Å². The van der Waals surface area contributed by atoms with Gasteiger partial charge >= 0.3 is 0 Å². The van der Waals surface area contributed by atoms with Crippen molar-refractivity contribution in [3.63, 3.8) is 0 Å². The summed E-state index contributed by atoms with van der Waals surface area (Å²) in [6.07, 6.45) is 0. The number of aromatic nitrogens is 1. The third-order valence-electron chi connectivity index (χ3n) is 3.44. The van der Waals surface area contributed by atoms with Crippen molar-refractivity contribution in [2.45, 2.75) is 26.8 Å². The molecular formula is C16H16FN. The SMILES string of the molecule is Cc1ccc2c(c1)c1ccc(F)cc1n2C(C)C. The number of hydrogen-bond donors (Lipinski definition) is 0. The summed E-state index contributed by atoms with van der Waals surface area (Å²) in [6, 6.07) is 11.8. The van der Waals surface area contributed by atoms with Crippen molar-refractivity contribution in [2.75, 3.05) is 0 Å². The van der Waals surface area contributed by atoms with Crippen LogP contribution < -0.4 is 0 Å². The third kappa shape index (κ3) is 1.52. The van der Waals surface area contributed by atoms with Crippen LogP contribution in [-0.2, 0) is 0 Å². The molecule has 0 saturated carbocycles. The van der Waals surface area contributed by atoms with Crippen molar-refractivity contribution < 1.29 is 4.39 Å². The lowest BCUT2D eigenvalue weighted by atomic mass is 10.1. The van der Waals surface area contributed by atoms with E-state index in [0.717, 1.165) is 10.9 Å². The first-order valence-electron chi connectivity index (χ1n) is 6.28. The van der Waals surface area contributed by atoms with E-state index in [1.54, 1.807) is 6.07 Å². The maximum atomic E-state index is 13.5. The van der Waals surface area contributed by atoms with E-state index in [4.69, 9.17) is 0 Å². The molecule has 2 aromatic carbocycles. The molecule has 0 unspecified atom stereocenters. The summed E-state index contributed by atoms with van der Waals surface area (Å²) >= 11 is 0. The maximum Gasteiger partial charge on any atom is 0.125 e. The highest BCUT2D eigenvalue weighted by Crippen LogP contribution is 2.32. The number of rotatable bonds is 1. The fourth-order valence-electron chi connectivity index (χ4n) is 2.69. The van der Waals surface area contributed by atoms with Crippen LogP contribution in [-0.4, -0.2) is 4.57 Å². The van der Waals surface area contributed by atoms with Gasteiger partial charge in [-0.15, -0.1) is 0 Å². The molecule has 0 aliphatic heterocycles. The van der Waals surface area contributed by atoms with Crippen molar-refractivity contribution in [3.8, 4) is 0 Å². The number of aryl methyl sites for hydroxylation is 1. The van der Waals surface area contributed by atoms with E-state index in [2.05, 4.69) is 43.5 Å². The Morgan fingerprint density at radius 1 is 0.944 bits per heavy atom. The van der Waals surface area contributed by atoms with Gasteiger partial charge in [0.15, 0.2) is 0 Å². The van der Waals surface area contributed by atoms with Gasteiger partial charge in [0.1, 0.15) is 5.82 Å². The lowest BCUT2D eigenvalue weighted by Gasteiger charge is -2.11. The fourth-order valence-corrected chi connectivity index (χ4v) is 2.69. The Kier molecular flexibility index (Phi) is 2.40. The van der Waals surface area contributed by atoms with E-state index in [9.17, 15) is 4.39 Å². The molecule has 3 aromatic rings. The zero-order valence-corrected chi connectivity index (χ0v) is 10.9. The van der Waals surface area contributed by atoms with Crippen LogP contribution in [0.15, 0.2) is 36.4 Å². The average Bonchev–Trinajstić information content (AvgIpc) is 2.61. The molecule has 1 heterocycles. The molecule has 2 heteroatoms. The number of fused-ring (bicyclic) bond motifs is 3. The average molecular weight is 241 g/mol. The summed E-state index contributed by atoms with van der Waals surface area (Å²) < 4.78 is 15.7. The van der Waals surface area contributed by atoms with Crippen molar-refractivity contribution in [1.82, 2.24) is 4.57 Å². The molecular weight excluding hydrogens is 225 g/mol. The standard InChI is InChI=1S/C16H16FN/c1-10(2)18-15-7-4-11(3)8-14(15)13-6-5-12(17)9-16(13)18/h4-10H,1-3H3. The molecule has 0 bridgehead atoms. The lowest BCUT2D eigenvalue weighted by molar-refractivity contribution is 0.620. The second kappa shape index (κ2) is 3.84. The van der Waals surface area contributed by atoms with E-state index in [-0.39, 0.29) is 5.82 Å². The molecule has 0 fully saturated rings. The van der Waals surface area contributed by atoms with Crippen LogP contribution in [0.4, 0.5) is 4.39 Å². The van der Waals surface area contributed by atoms with E-state index in [1.807, 2.05) is 6.07 Å². The lowest BCUT2D eigenvalue weighted by Crippen LogP contribution is -1.99. The predicted molar refractivity (Wildman–Crippen MR) is 74.5 cm³/mol. The molecule has 0 radical (unpaired) electrons. The van der Waals surface area contributed by atoms with Crippen LogP contribution in [0.3, 0.4) is 0 Å². The largest absolute Gasteiger partial charge is 0.338 e. The highest BCUT2D eigenvalue weighted by atomic mass is 19.1. The normalized spacial score (nSPS) is 11.8. The number of nitrogens with zero attached hydrogens (tertiary/aromatic N) is 1. The molecule has 18 heavy (non-hydrogen) atoms. The van der Waals surface area contributed by atoms with Gasteiger partial charge in [-0.2, -0.15) is 0 Å². The minimum atomic E-state index is -0.177. The Labute approximate surface area is 106 Å².